The lowest BCUT2D eigenvalue weighted by atomic mass is 10.3. The molecule has 0 aliphatic heterocycles. The lowest BCUT2D eigenvalue weighted by Gasteiger charge is -1.86. The van der Waals surface area contributed by atoms with E-state index in [0.29, 0.717) is 11.5 Å². The molecule has 1 N–H and O–H groups in total. The van der Waals surface area contributed by atoms with E-state index in [2.05, 4.69) is 4.98 Å². The van der Waals surface area contributed by atoms with Crippen LogP contribution in [0.25, 0.3) is 11.5 Å². The first-order valence-electron chi connectivity index (χ1n) is 4.47. The minimum Gasteiger partial charge on any atom is -0.478 e. The van der Waals surface area contributed by atoms with Crippen molar-refractivity contribution in [3.05, 3.63) is 28.3 Å². The van der Waals surface area contributed by atoms with Gasteiger partial charge in [0.1, 0.15) is 12.0 Å². The molecule has 5 heteroatoms. The van der Waals surface area contributed by atoms with Crippen LogP contribution in [0.4, 0.5) is 0 Å². The molecule has 2 rings (SSSR count). The topological polar surface area (TPSA) is 63.3 Å². The number of furan rings is 1. The summed E-state index contributed by atoms with van der Waals surface area (Å²) < 4.78 is 5.13. The van der Waals surface area contributed by atoms with Crippen molar-refractivity contribution in [1.82, 2.24) is 4.98 Å². The summed E-state index contributed by atoms with van der Waals surface area (Å²) in [5.74, 6) is -0.487. The van der Waals surface area contributed by atoms with Crippen molar-refractivity contribution in [2.75, 3.05) is 0 Å². The number of carboxylic acids is 1. The van der Waals surface area contributed by atoms with E-state index < -0.39 is 5.97 Å². The summed E-state index contributed by atoms with van der Waals surface area (Å²) in [5.41, 5.74) is 0.848. The number of aromatic nitrogens is 1. The molecule has 0 saturated carbocycles. The highest BCUT2D eigenvalue weighted by Crippen LogP contribution is 2.24. The lowest BCUT2D eigenvalue weighted by Crippen LogP contribution is -1.91. The van der Waals surface area contributed by atoms with Crippen LogP contribution in [0, 0.1) is 0 Å². The van der Waals surface area contributed by atoms with E-state index >= 15 is 0 Å². The van der Waals surface area contributed by atoms with Crippen molar-refractivity contribution in [2.24, 2.45) is 0 Å². The van der Waals surface area contributed by atoms with E-state index in [9.17, 15) is 4.79 Å². The van der Waals surface area contributed by atoms with E-state index in [4.69, 9.17) is 9.52 Å². The number of thiazole rings is 1. The molecule has 2 aromatic rings. The highest BCUT2D eigenvalue weighted by molar-refractivity contribution is 7.09. The molecule has 78 valence electrons. The van der Waals surface area contributed by atoms with Gasteiger partial charge >= 0.3 is 5.97 Å². The van der Waals surface area contributed by atoms with Crippen LogP contribution in [0.1, 0.15) is 22.3 Å². The van der Waals surface area contributed by atoms with Gasteiger partial charge in [-0.05, 0) is 6.42 Å². The van der Waals surface area contributed by atoms with Crippen molar-refractivity contribution < 1.29 is 14.3 Å². The van der Waals surface area contributed by atoms with Crippen molar-refractivity contribution in [3.8, 4) is 11.5 Å². The summed E-state index contributed by atoms with van der Waals surface area (Å²) in [6.45, 7) is 2.02. The van der Waals surface area contributed by atoms with Crippen LogP contribution < -0.4 is 0 Å². The molecule has 0 saturated heterocycles. The van der Waals surface area contributed by atoms with Gasteiger partial charge in [0, 0.05) is 11.4 Å². The standard InChI is InChI=1S/C10H9NO3S/c1-2-9-11-7(5-15-9)8-3-6(4-14-8)10(12)13/h3-5H,2H2,1H3,(H,12,13). The van der Waals surface area contributed by atoms with Crippen LogP contribution in [0.5, 0.6) is 0 Å². The smallest absolute Gasteiger partial charge is 0.338 e. The Morgan fingerprint density at radius 2 is 2.47 bits per heavy atom. The summed E-state index contributed by atoms with van der Waals surface area (Å²) in [4.78, 5) is 14.9. The molecule has 0 aliphatic carbocycles. The Morgan fingerprint density at radius 1 is 1.67 bits per heavy atom. The lowest BCUT2D eigenvalue weighted by molar-refractivity contribution is 0.0696. The van der Waals surface area contributed by atoms with E-state index in [1.807, 2.05) is 12.3 Å². The zero-order valence-electron chi connectivity index (χ0n) is 8.06. The second kappa shape index (κ2) is 3.86. The molecule has 0 aromatic carbocycles. The second-order valence-electron chi connectivity index (χ2n) is 2.98. The van der Waals surface area contributed by atoms with Gasteiger partial charge in [0.05, 0.1) is 10.6 Å². The van der Waals surface area contributed by atoms with Crippen LogP contribution in [-0.2, 0) is 6.42 Å². The highest BCUT2D eigenvalue weighted by atomic mass is 32.1. The largest absolute Gasteiger partial charge is 0.478 e. The molecule has 15 heavy (non-hydrogen) atoms. The predicted octanol–water partition coefficient (Wildman–Crippen LogP) is 2.66. The number of hydrogen-bond acceptors (Lipinski definition) is 4. The number of aryl methyl sites for hydroxylation is 1. The summed E-state index contributed by atoms with van der Waals surface area (Å²) in [7, 11) is 0. The third-order valence-corrected chi connectivity index (χ3v) is 2.95. The molecule has 0 bridgehead atoms. The predicted molar refractivity (Wildman–Crippen MR) is 56.2 cm³/mol. The Bertz CT molecular complexity index is 486. The number of aromatic carboxylic acids is 1. The van der Waals surface area contributed by atoms with Gasteiger partial charge in [-0.3, -0.25) is 0 Å². The highest BCUT2D eigenvalue weighted by Gasteiger charge is 2.11. The fourth-order valence-corrected chi connectivity index (χ4v) is 1.90. The number of nitrogens with zero attached hydrogens (tertiary/aromatic N) is 1. The van der Waals surface area contributed by atoms with E-state index in [1.165, 1.54) is 12.3 Å². The maximum absolute atomic E-state index is 10.6. The molecule has 0 unspecified atom stereocenters. The number of hydrogen-bond donors (Lipinski definition) is 1. The summed E-state index contributed by atoms with van der Waals surface area (Å²) in [6.07, 6.45) is 2.10. The molecule has 0 atom stereocenters. The molecule has 0 aliphatic rings. The van der Waals surface area contributed by atoms with E-state index in [0.717, 1.165) is 11.4 Å². The minimum atomic E-state index is -0.990. The molecule has 2 aromatic heterocycles. The van der Waals surface area contributed by atoms with Crippen LogP contribution in [-0.4, -0.2) is 16.1 Å². The molecule has 0 amide bonds. The van der Waals surface area contributed by atoms with Gasteiger partial charge in [-0.2, -0.15) is 0 Å². The molecule has 4 nitrogen and oxygen atoms in total. The normalized spacial score (nSPS) is 10.5. The fourth-order valence-electron chi connectivity index (χ4n) is 1.17. The molecular formula is C10H9NO3S. The molecule has 0 spiro atoms. The van der Waals surface area contributed by atoms with Gasteiger partial charge < -0.3 is 9.52 Å². The van der Waals surface area contributed by atoms with Crippen molar-refractivity contribution >= 4 is 17.3 Å². The zero-order chi connectivity index (χ0) is 10.8. The Morgan fingerprint density at radius 3 is 3.00 bits per heavy atom. The van der Waals surface area contributed by atoms with Crippen LogP contribution in [0.3, 0.4) is 0 Å². The van der Waals surface area contributed by atoms with Crippen molar-refractivity contribution in [2.45, 2.75) is 13.3 Å². The Kier molecular flexibility index (Phi) is 2.55. The Balaban J connectivity index is 2.32. The molecule has 0 radical (unpaired) electrons. The van der Waals surface area contributed by atoms with Crippen molar-refractivity contribution in [3.63, 3.8) is 0 Å². The first kappa shape index (κ1) is 9.92. The van der Waals surface area contributed by atoms with Crippen LogP contribution >= 0.6 is 11.3 Å². The molecular weight excluding hydrogens is 214 g/mol. The second-order valence-corrected chi connectivity index (χ2v) is 3.93. The van der Waals surface area contributed by atoms with E-state index in [-0.39, 0.29) is 5.56 Å². The van der Waals surface area contributed by atoms with Crippen molar-refractivity contribution in [1.29, 1.82) is 0 Å². The zero-order valence-corrected chi connectivity index (χ0v) is 8.87. The van der Waals surface area contributed by atoms with E-state index in [1.54, 1.807) is 11.3 Å². The maximum Gasteiger partial charge on any atom is 0.338 e. The summed E-state index contributed by atoms with van der Waals surface area (Å²) in [6, 6.07) is 1.48. The monoisotopic (exact) mass is 223 g/mol. The van der Waals surface area contributed by atoms with Gasteiger partial charge in [0.25, 0.3) is 0 Å². The first-order valence-corrected chi connectivity index (χ1v) is 5.35. The first-order chi connectivity index (χ1) is 7.20. The Labute approximate surface area is 90.2 Å². The number of carboxylic acid groups (broad SMARTS) is 1. The third-order valence-electron chi connectivity index (χ3n) is 1.95. The van der Waals surface area contributed by atoms with Gasteiger partial charge in [0.2, 0.25) is 0 Å². The van der Waals surface area contributed by atoms with Crippen LogP contribution in [0.15, 0.2) is 22.1 Å². The molecule has 2 heterocycles. The summed E-state index contributed by atoms with van der Waals surface area (Å²) in [5, 5.41) is 11.6. The van der Waals surface area contributed by atoms with Gasteiger partial charge in [-0.1, -0.05) is 6.92 Å². The van der Waals surface area contributed by atoms with Gasteiger partial charge in [-0.25, -0.2) is 9.78 Å². The quantitative estimate of drug-likeness (QED) is 0.868. The minimum absolute atomic E-state index is 0.149. The number of carbonyl (C=O) groups is 1. The average molecular weight is 223 g/mol. The fraction of sp³-hybridized carbons (Fsp3) is 0.200. The average Bonchev–Trinajstić information content (AvgIpc) is 2.86. The SMILES string of the molecule is CCc1nc(-c2cc(C(=O)O)co2)cs1. The van der Waals surface area contributed by atoms with Gasteiger partial charge in [-0.15, -0.1) is 11.3 Å². The maximum atomic E-state index is 10.6. The van der Waals surface area contributed by atoms with Gasteiger partial charge in [0.15, 0.2) is 5.76 Å². The third kappa shape index (κ3) is 1.92. The van der Waals surface area contributed by atoms with Crippen LogP contribution in [0.2, 0.25) is 0 Å². The Hall–Kier alpha value is -1.62. The number of rotatable bonds is 3. The molecule has 0 fully saturated rings. The summed E-state index contributed by atoms with van der Waals surface area (Å²) >= 11 is 1.54.